The first-order valence-corrected chi connectivity index (χ1v) is 14.2. The van der Waals surface area contributed by atoms with Gasteiger partial charge in [0.15, 0.2) is 0 Å². The number of aryl methyl sites for hydroxylation is 1. The van der Waals surface area contributed by atoms with Gasteiger partial charge in [0.1, 0.15) is 17.6 Å². The summed E-state index contributed by atoms with van der Waals surface area (Å²) in [4.78, 5) is 0. The average Bonchev–Trinajstić information content (AvgIpc) is 2.67. The van der Waals surface area contributed by atoms with Crippen molar-refractivity contribution in [3.63, 3.8) is 0 Å². The number of hydrogen-bond acceptors (Lipinski definition) is 3. The second-order valence-corrected chi connectivity index (χ2v) is 15.5. The molecule has 1 heterocycles. The van der Waals surface area contributed by atoms with E-state index >= 15 is 0 Å². The molecule has 0 bridgehead atoms. The van der Waals surface area contributed by atoms with Gasteiger partial charge >= 0.3 is 0 Å². The van der Waals surface area contributed by atoms with Crippen LogP contribution in [0.3, 0.4) is 0 Å². The topological polar surface area (TPSA) is 38.7 Å². The van der Waals surface area contributed by atoms with Gasteiger partial charge in [-0.15, -0.1) is 0 Å². The Bertz CT molecular complexity index is 897. The largest absolute Gasteiger partial charge is 0.544 e. The molecular weight excluding hydrogens is 388 g/mol. The smallest absolute Gasteiger partial charge is 0.250 e. The first-order chi connectivity index (χ1) is 14.0. The molecule has 0 aromatic heterocycles. The standard InChI is InChI=1S/C26H36O3Si/c1-17-7-14-24-23(15-17)22-16-19(27)10-13-21(22)25(28-24)18-8-11-20(12-9-18)29-30(5,6)26(2,3)4/h7-9,11-12,14-15,19,21-22,25,27H,10,13,16H2,1-6H3/t19-,21+,22-,25?/m0/s1. The Morgan fingerprint density at radius 3 is 2.40 bits per heavy atom. The highest BCUT2D eigenvalue weighted by atomic mass is 28.4. The summed E-state index contributed by atoms with van der Waals surface area (Å²) in [5, 5.41) is 10.5. The first-order valence-electron chi connectivity index (χ1n) is 11.3. The molecule has 4 rings (SSSR count). The predicted molar refractivity (Wildman–Crippen MR) is 125 cm³/mol. The van der Waals surface area contributed by atoms with E-state index in [9.17, 15) is 5.11 Å². The van der Waals surface area contributed by atoms with E-state index in [-0.39, 0.29) is 17.2 Å². The molecule has 4 heteroatoms. The summed E-state index contributed by atoms with van der Waals surface area (Å²) in [5.74, 6) is 2.68. The van der Waals surface area contributed by atoms with E-state index in [2.05, 4.69) is 83.3 Å². The zero-order valence-electron chi connectivity index (χ0n) is 19.2. The van der Waals surface area contributed by atoms with Crippen LogP contribution in [0.25, 0.3) is 0 Å². The molecule has 162 valence electrons. The zero-order chi connectivity index (χ0) is 21.7. The quantitative estimate of drug-likeness (QED) is 0.553. The van der Waals surface area contributed by atoms with Gasteiger partial charge in [-0.05, 0) is 79.6 Å². The molecule has 2 aromatic rings. The lowest BCUT2D eigenvalue weighted by Crippen LogP contribution is -2.43. The van der Waals surface area contributed by atoms with Gasteiger partial charge in [-0.1, -0.05) is 50.6 Å². The maximum Gasteiger partial charge on any atom is 0.250 e. The Kier molecular flexibility index (Phi) is 5.52. The summed E-state index contributed by atoms with van der Waals surface area (Å²) < 4.78 is 13.0. The van der Waals surface area contributed by atoms with Crippen LogP contribution in [0.1, 0.15) is 68.7 Å². The van der Waals surface area contributed by atoms with Gasteiger partial charge in [-0.25, -0.2) is 0 Å². The fraction of sp³-hybridized carbons (Fsp3) is 0.538. The summed E-state index contributed by atoms with van der Waals surface area (Å²) in [5.41, 5.74) is 3.73. The van der Waals surface area contributed by atoms with Crippen LogP contribution in [0.4, 0.5) is 0 Å². The summed E-state index contributed by atoms with van der Waals surface area (Å²) in [6, 6.07) is 15.0. The van der Waals surface area contributed by atoms with Crippen LogP contribution in [0.15, 0.2) is 42.5 Å². The molecule has 0 saturated heterocycles. The molecule has 0 spiro atoms. The predicted octanol–water partition coefficient (Wildman–Crippen LogP) is 6.76. The fourth-order valence-corrected chi connectivity index (χ4v) is 5.70. The molecule has 0 radical (unpaired) electrons. The van der Waals surface area contributed by atoms with Crippen LogP contribution >= 0.6 is 0 Å². The number of aliphatic hydroxyl groups is 1. The minimum Gasteiger partial charge on any atom is -0.544 e. The van der Waals surface area contributed by atoms with Crippen molar-refractivity contribution in [2.75, 3.05) is 0 Å². The third-order valence-electron chi connectivity index (χ3n) is 7.47. The van der Waals surface area contributed by atoms with Crippen molar-refractivity contribution in [2.45, 2.75) is 83.2 Å². The lowest BCUT2D eigenvalue weighted by Gasteiger charge is -2.44. The van der Waals surface area contributed by atoms with Crippen molar-refractivity contribution in [3.05, 3.63) is 59.2 Å². The van der Waals surface area contributed by atoms with Crippen LogP contribution in [-0.4, -0.2) is 19.5 Å². The van der Waals surface area contributed by atoms with E-state index in [1.54, 1.807) is 0 Å². The third kappa shape index (κ3) is 4.04. The molecule has 2 aliphatic rings. The lowest BCUT2D eigenvalue weighted by molar-refractivity contribution is 0.0208. The number of ether oxygens (including phenoxy) is 1. The highest BCUT2D eigenvalue weighted by Gasteiger charge is 2.43. The monoisotopic (exact) mass is 424 g/mol. The van der Waals surface area contributed by atoms with Gasteiger partial charge < -0.3 is 14.3 Å². The van der Waals surface area contributed by atoms with Crippen LogP contribution in [0.5, 0.6) is 11.5 Å². The summed E-state index contributed by atoms with van der Waals surface area (Å²) >= 11 is 0. The van der Waals surface area contributed by atoms with Crippen molar-refractivity contribution >= 4 is 8.32 Å². The number of benzene rings is 2. The van der Waals surface area contributed by atoms with E-state index in [0.29, 0.717) is 11.8 Å². The molecular formula is C26H36O3Si. The van der Waals surface area contributed by atoms with Gasteiger partial charge in [0.25, 0.3) is 0 Å². The van der Waals surface area contributed by atoms with Crippen molar-refractivity contribution in [1.82, 2.24) is 0 Å². The number of fused-ring (bicyclic) bond motifs is 3. The number of hydrogen-bond donors (Lipinski definition) is 1. The van der Waals surface area contributed by atoms with E-state index in [4.69, 9.17) is 9.16 Å². The molecule has 1 aliphatic heterocycles. The molecule has 3 nitrogen and oxygen atoms in total. The van der Waals surface area contributed by atoms with Gasteiger partial charge in [0, 0.05) is 5.92 Å². The van der Waals surface area contributed by atoms with Gasteiger partial charge in [-0.2, -0.15) is 0 Å². The second-order valence-electron chi connectivity index (χ2n) is 10.7. The average molecular weight is 425 g/mol. The number of aliphatic hydroxyl groups excluding tert-OH is 1. The van der Waals surface area contributed by atoms with E-state index < -0.39 is 8.32 Å². The fourth-order valence-electron chi connectivity index (χ4n) is 4.67. The molecule has 0 amide bonds. The number of rotatable bonds is 3. The molecule has 1 aliphatic carbocycles. The molecule has 1 fully saturated rings. The van der Waals surface area contributed by atoms with Crippen LogP contribution in [0, 0.1) is 12.8 Å². The summed E-state index contributed by atoms with van der Waals surface area (Å²) in [7, 11) is -1.85. The van der Waals surface area contributed by atoms with E-state index in [1.807, 2.05) is 0 Å². The van der Waals surface area contributed by atoms with Gasteiger partial charge in [-0.3, -0.25) is 0 Å². The second kappa shape index (κ2) is 7.72. The molecule has 1 N–H and O–H groups in total. The van der Waals surface area contributed by atoms with Gasteiger partial charge in [0.05, 0.1) is 6.10 Å². The van der Waals surface area contributed by atoms with Crippen LogP contribution in [0.2, 0.25) is 18.1 Å². The normalized spacial score (nSPS) is 26.4. The van der Waals surface area contributed by atoms with Crippen molar-refractivity contribution < 1.29 is 14.3 Å². The Balaban J connectivity index is 1.61. The maximum absolute atomic E-state index is 10.4. The maximum atomic E-state index is 10.4. The molecule has 1 saturated carbocycles. The Morgan fingerprint density at radius 2 is 1.73 bits per heavy atom. The molecule has 2 aromatic carbocycles. The minimum atomic E-state index is -1.85. The minimum absolute atomic E-state index is 0.0274. The SMILES string of the molecule is Cc1ccc2c(c1)[C@H]1C[C@@H](O)CC[C@H]1C(c1ccc(O[Si](C)(C)C(C)(C)C)cc1)O2. The van der Waals surface area contributed by atoms with Crippen molar-refractivity contribution in [2.24, 2.45) is 5.92 Å². The van der Waals surface area contributed by atoms with E-state index in [1.165, 1.54) is 16.7 Å². The zero-order valence-corrected chi connectivity index (χ0v) is 20.2. The molecule has 4 atom stereocenters. The Hall–Kier alpha value is -1.78. The van der Waals surface area contributed by atoms with Crippen molar-refractivity contribution in [1.29, 1.82) is 0 Å². The Morgan fingerprint density at radius 1 is 1.03 bits per heavy atom. The Labute approximate surface area is 182 Å². The van der Waals surface area contributed by atoms with Gasteiger partial charge in [0.2, 0.25) is 8.32 Å². The highest BCUT2D eigenvalue weighted by Crippen LogP contribution is 2.52. The van der Waals surface area contributed by atoms with Crippen LogP contribution in [-0.2, 0) is 0 Å². The van der Waals surface area contributed by atoms with E-state index in [0.717, 1.165) is 30.8 Å². The molecule has 30 heavy (non-hydrogen) atoms. The summed E-state index contributed by atoms with van der Waals surface area (Å²) in [6.07, 6.45) is 2.49. The van der Waals surface area contributed by atoms with Crippen LogP contribution < -0.4 is 9.16 Å². The third-order valence-corrected chi connectivity index (χ3v) is 11.8. The first kappa shape index (κ1) is 21.4. The molecule has 1 unspecified atom stereocenters. The van der Waals surface area contributed by atoms with Crippen molar-refractivity contribution in [3.8, 4) is 11.5 Å². The summed E-state index contributed by atoms with van der Waals surface area (Å²) in [6.45, 7) is 13.5. The highest BCUT2D eigenvalue weighted by molar-refractivity contribution is 6.74. The lowest BCUT2D eigenvalue weighted by atomic mass is 9.69.